The summed E-state index contributed by atoms with van der Waals surface area (Å²) in [6.07, 6.45) is -0.418. The maximum absolute atomic E-state index is 11.6. The molecule has 0 aliphatic carbocycles. The molecule has 82 valence electrons. The molecule has 2 N–H and O–H groups in total. The Morgan fingerprint density at radius 2 is 2.47 bits per heavy atom. The van der Waals surface area contributed by atoms with Gasteiger partial charge >= 0.3 is 6.09 Å². The zero-order valence-electron chi connectivity index (χ0n) is 8.83. The fourth-order valence-electron chi connectivity index (χ4n) is 1.69. The maximum Gasteiger partial charge on any atom is 0.435 e. The van der Waals surface area contributed by atoms with Crippen molar-refractivity contribution in [3.63, 3.8) is 0 Å². The van der Waals surface area contributed by atoms with Gasteiger partial charge in [-0.2, -0.15) is 4.68 Å². The summed E-state index contributed by atoms with van der Waals surface area (Å²) in [6.45, 7) is 3.53. The molecular formula is C9H14N4O2. The number of aromatic nitrogens is 2. The summed E-state index contributed by atoms with van der Waals surface area (Å²) < 4.78 is 6.24. The minimum atomic E-state index is -0.418. The number of anilines is 1. The highest BCUT2D eigenvalue weighted by Crippen LogP contribution is 2.23. The van der Waals surface area contributed by atoms with Crippen molar-refractivity contribution >= 4 is 11.9 Å². The monoisotopic (exact) mass is 210 g/mol. The first-order valence-corrected chi connectivity index (χ1v) is 4.94. The molecule has 0 unspecified atom stereocenters. The van der Waals surface area contributed by atoms with Crippen LogP contribution in [0.5, 0.6) is 0 Å². The van der Waals surface area contributed by atoms with E-state index in [0.717, 1.165) is 23.6 Å². The first-order chi connectivity index (χ1) is 7.27. The minimum absolute atomic E-state index is 0.357. The van der Waals surface area contributed by atoms with Gasteiger partial charge in [0.15, 0.2) is 5.82 Å². The number of hydrogen-bond acceptors (Lipinski definition) is 5. The van der Waals surface area contributed by atoms with Crippen molar-refractivity contribution in [3.8, 4) is 0 Å². The zero-order valence-corrected chi connectivity index (χ0v) is 8.83. The van der Waals surface area contributed by atoms with Crippen molar-refractivity contribution < 1.29 is 9.53 Å². The van der Waals surface area contributed by atoms with Crippen LogP contribution in [-0.4, -0.2) is 29.5 Å². The zero-order chi connectivity index (χ0) is 10.8. The molecule has 6 nitrogen and oxygen atoms in total. The summed E-state index contributed by atoms with van der Waals surface area (Å²) in [5, 5.41) is 10.3. The first kappa shape index (κ1) is 9.97. The van der Waals surface area contributed by atoms with Crippen LogP contribution < -0.4 is 10.6 Å². The number of hydrogen-bond donors (Lipinski definition) is 2. The van der Waals surface area contributed by atoms with E-state index in [9.17, 15) is 4.79 Å². The van der Waals surface area contributed by atoms with Crippen molar-refractivity contribution in [2.24, 2.45) is 0 Å². The van der Waals surface area contributed by atoms with Gasteiger partial charge in [-0.3, -0.25) is 0 Å². The van der Waals surface area contributed by atoms with E-state index < -0.39 is 6.09 Å². The van der Waals surface area contributed by atoms with E-state index in [4.69, 9.17) is 4.74 Å². The van der Waals surface area contributed by atoms with Gasteiger partial charge in [0.1, 0.15) is 0 Å². The molecule has 6 heteroatoms. The quantitative estimate of drug-likeness (QED) is 0.745. The van der Waals surface area contributed by atoms with E-state index in [2.05, 4.69) is 15.7 Å². The van der Waals surface area contributed by atoms with Crippen LogP contribution in [0.1, 0.15) is 18.2 Å². The molecule has 15 heavy (non-hydrogen) atoms. The Morgan fingerprint density at radius 1 is 1.67 bits per heavy atom. The molecule has 0 atom stereocenters. The van der Waals surface area contributed by atoms with Crippen LogP contribution in [-0.2, 0) is 17.8 Å². The summed E-state index contributed by atoms with van der Waals surface area (Å²) in [7, 11) is 1.79. The van der Waals surface area contributed by atoms with Crippen molar-refractivity contribution in [2.75, 3.05) is 19.0 Å². The Balaban J connectivity index is 2.36. The number of nitrogens with zero attached hydrogens (tertiary/aromatic N) is 2. The highest BCUT2D eigenvalue weighted by molar-refractivity contribution is 5.72. The molecule has 0 radical (unpaired) electrons. The Morgan fingerprint density at radius 3 is 3.13 bits per heavy atom. The molecule has 2 heterocycles. The number of rotatable bonds is 2. The lowest BCUT2D eigenvalue weighted by Gasteiger charge is -2.03. The van der Waals surface area contributed by atoms with Gasteiger partial charge in [0.2, 0.25) is 0 Å². The molecule has 0 saturated heterocycles. The van der Waals surface area contributed by atoms with Crippen LogP contribution in [0.3, 0.4) is 0 Å². The second-order valence-corrected chi connectivity index (χ2v) is 3.24. The molecule has 0 amide bonds. The number of ether oxygens (including phenoxy) is 1. The van der Waals surface area contributed by atoms with Gasteiger partial charge in [0.05, 0.1) is 12.3 Å². The Bertz CT molecular complexity index is 386. The Kier molecular flexibility index (Phi) is 2.59. The predicted octanol–water partition coefficient (Wildman–Crippen LogP) is 0.533. The van der Waals surface area contributed by atoms with Crippen LogP contribution in [0.15, 0.2) is 0 Å². The molecule has 1 aliphatic rings. The minimum Gasteiger partial charge on any atom is -0.448 e. The van der Waals surface area contributed by atoms with Crippen LogP contribution in [0.2, 0.25) is 0 Å². The summed E-state index contributed by atoms with van der Waals surface area (Å²) >= 11 is 0. The Hall–Kier alpha value is -1.56. The average Bonchev–Trinajstić information content (AvgIpc) is 2.77. The van der Waals surface area contributed by atoms with Crippen molar-refractivity contribution in [1.82, 2.24) is 15.1 Å². The smallest absolute Gasteiger partial charge is 0.435 e. The van der Waals surface area contributed by atoms with Crippen molar-refractivity contribution in [2.45, 2.75) is 20.0 Å². The first-order valence-electron chi connectivity index (χ1n) is 4.94. The molecule has 0 fully saturated rings. The lowest BCUT2D eigenvalue weighted by Crippen LogP contribution is -2.19. The molecule has 2 rings (SSSR count). The van der Waals surface area contributed by atoms with E-state index in [-0.39, 0.29) is 0 Å². The molecule has 0 saturated carbocycles. The lowest BCUT2D eigenvalue weighted by atomic mass is 10.3. The number of carbonyl (C=O) groups excluding carboxylic acids is 1. The number of fused-ring (bicyclic) bond motifs is 1. The van der Waals surface area contributed by atoms with Crippen LogP contribution >= 0.6 is 0 Å². The van der Waals surface area contributed by atoms with E-state index in [1.54, 1.807) is 14.0 Å². The van der Waals surface area contributed by atoms with Gasteiger partial charge in [-0.05, 0) is 6.92 Å². The fraction of sp³-hybridized carbons (Fsp3) is 0.556. The van der Waals surface area contributed by atoms with Gasteiger partial charge in [-0.15, -0.1) is 5.10 Å². The van der Waals surface area contributed by atoms with Crippen LogP contribution in [0.4, 0.5) is 10.6 Å². The summed E-state index contributed by atoms with van der Waals surface area (Å²) in [4.78, 5) is 11.6. The molecular weight excluding hydrogens is 196 g/mol. The van der Waals surface area contributed by atoms with Crippen LogP contribution in [0, 0.1) is 0 Å². The van der Waals surface area contributed by atoms with Crippen molar-refractivity contribution in [3.05, 3.63) is 11.3 Å². The third kappa shape index (κ3) is 1.56. The van der Waals surface area contributed by atoms with Crippen molar-refractivity contribution in [1.29, 1.82) is 0 Å². The predicted molar refractivity (Wildman–Crippen MR) is 54.7 cm³/mol. The van der Waals surface area contributed by atoms with Crippen LogP contribution in [0.25, 0.3) is 0 Å². The third-order valence-electron chi connectivity index (χ3n) is 2.36. The molecule has 0 spiro atoms. The number of nitrogens with one attached hydrogen (secondary N) is 2. The van der Waals surface area contributed by atoms with Gasteiger partial charge in [0, 0.05) is 25.7 Å². The number of carbonyl (C=O) groups is 1. The van der Waals surface area contributed by atoms with E-state index >= 15 is 0 Å². The maximum atomic E-state index is 11.6. The Labute approximate surface area is 87.6 Å². The highest BCUT2D eigenvalue weighted by atomic mass is 16.5. The van der Waals surface area contributed by atoms with Gasteiger partial charge in [-0.25, -0.2) is 4.79 Å². The fourth-order valence-corrected chi connectivity index (χ4v) is 1.69. The summed E-state index contributed by atoms with van der Waals surface area (Å²) in [5.74, 6) is 0.739. The molecule has 0 aromatic carbocycles. The van der Waals surface area contributed by atoms with E-state index in [1.165, 1.54) is 4.68 Å². The summed E-state index contributed by atoms with van der Waals surface area (Å²) in [5.41, 5.74) is 1.93. The largest absolute Gasteiger partial charge is 0.448 e. The molecule has 0 bridgehead atoms. The molecule has 1 aromatic heterocycles. The highest BCUT2D eigenvalue weighted by Gasteiger charge is 2.25. The van der Waals surface area contributed by atoms with Gasteiger partial charge in [0.25, 0.3) is 0 Å². The SMILES string of the molecule is CCOC(=O)n1nc(NC)c2c1CNC2. The van der Waals surface area contributed by atoms with E-state index in [1.807, 2.05) is 0 Å². The standard InChI is InChI=1S/C9H14N4O2/c1-3-15-9(14)13-7-5-11-4-6(7)8(10-2)12-13/h11H,3-5H2,1-2H3,(H,10,12). The lowest BCUT2D eigenvalue weighted by molar-refractivity contribution is 0.149. The molecule has 1 aliphatic heterocycles. The second-order valence-electron chi connectivity index (χ2n) is 3.24. The van der Waals surface area contributed by atoms with Gasteiger partial charge in [-0.1, -0.05) is 0 Å². The normalized spacial score (nSPS) is 13.7. The summed E-state index contributed by atoms with van der Waals surface area (Å²) in [6, 6.07) is 0. The second kappa shape index (κ2) is 3.90. The van der Waals surface area contributed by atoms with Gasteiger partial charge < -0.3 is 15.4 Å². The molecule has 1 aromatic rings. The topological polar surface area (TPSA) is 68.2 Å². The van der Waals surface area contributed by atoms with E-state index in [0.29, 0.717) is 13.2 Å². The third-order valence-corrected chi connectivity index (χ3v) is 2.36. The average molecular weight is 210 g/mol.